The highest BCUT2D eigenvalue weighted by atomic mass is 19.2. The Kier molecular flexibility index (Phi) is 3.72. The summed E-state index contributed by atoms with van der Waals surface area (Å²) in [5, 5.41) is 2.75. The third kappa shape index (κ3) is 2.74. The van der Waals surface area contributed by atoms with Gasteiger partial charge < -0.3 is 9.88 Å². The Balaban J connectivity index is 1.99. The number of pyridine rings is 1. The molecule has 0 aliphatic heterocycles. The van der Waals surface area contributed by atoms with Crippen molar-refractivity contribution in [1.29, 1.82) is 0 Å². The Morgan fingerprint density at radius 3 is 2.72 bits per heavy atom. The van der Waals surface area contributed by atoms with Gasteiger partial charge in [0.15, 0.2) is 11.6 Å². The second-order valence-corrected chi connectivity index (χ2v) is 3.76. The Morgan fingerprint density at radius 1 is 1.11 bits per heavy atom. The van der Waals surface area contributed by atoms with Crippen LogP contribution in [0.25, 0.3) is 0 Å². The number of hydrogen-bond donors (Lipinski definition) is 1. The molecule has 1 aromatic carbocycles. The van der Waals surface area contributed by atoms with E-state index in [4.69, 9.17) is 0 Å². The van der Waals surface area contributed by atoms with E-state index in [1.54, 1.807) is 18.3 Å². The standard InChI is InChI=1S/C13H12F2N2O/c14-10-4-3-5-11(13(10)15)16-7-9-17-8-2-1-6-12(17)18/h1-6,8,16H,7,9H2. The molecule has 2 rings (SSSR count). The van der Waals surface area contributed by atoms with Crippen molar-refractivity contribution in [3.8, 4) is 0 Å². The van der Waals surface area contributed by atoms with Gasteiger partial charge in [0, 0.05) is 25.4 Å². The second kappa shape index (κ2) is 5.44. The maximum Gasteiger partial charge on any atom is 0.250 e. The molecular formula is C13H12F2N2O. The molecule has 0 radical (unpaired) electrons. The normalized spacial score (nSPS) is 10.3. The van der Waals surface area contributed by atoms with E-state index in [9.17, 15) is 13.6 Å². The Hall–Kier alpha value is -2.17. The monoisotopic (exact) mass is 250 g/mol. The van der Waals surface area contributed by atoms with Gasteiger partial charge in [-0.05, 0) is 18.2 Å². The maximum atomic E-state index is 13.3. The first kappa shape index (κ1) is 12.3. The predicted octanol–water partition coefficient (Wildman–Crippen LogP) is 2.24. The van der Waals surface area contributed by atoms with E-state index >= 15 is 0 Å². The zero-order chi connectivity index (χ0) is 13.0. The first-order valence-corrected chi connectivity index (χ1v) is 5.52. The van der Waals surface area contributed by atoms with E-state index < -0.39 is 11.6 Å². The van der Waals surface area contributed by atoms with Crippen molar-refractivity contribution in [3.05, 3.63) is 64.6 Å². The molecule has 0 saturated carbocycles. The molecule has 1 N–H and O–H groups in total. The summed E-state index contributed by atoms with van der Waals surface area (Å²) in [5.74, 6) is -1.80. The molecule has 0 bridgehead atoms. The SMILES string of the molecule is O=c1ccccn1CCNc1cccc(F)c1F. The van der Waals surface area contributed by atoms with Crippen LogP contribution in [0.15, 0.2) is 47.4 Å². The van der Waals surface area contributed by atoms with Crippen molar-refractivity contribution in [2.24, 2.45) is 0 Å². The van der Waals surface area contributed by atoms with Crippen LogP contribution in [0.4, 0.5) is 14.5 Å². The van der Waals surface area contributed by atoms with Crippen molar-refractivity contribution in [1.82, 2.24) is 4.57 Å². The number of nitrogens with zero attached hydrogens (tertiary/aromatic N) is 1. The van der Waals surface area contributed by atoms with Crippen LogP contribution in [0.3, 0.4) is 0 Å². The van der Waals surface area contributed by atoms with Gasteiger partial charge in [-0.3, -0.25) is 4.79 Å². The van der Waals surface area contributed by atoms with Gasteiger partial charge in [-0.25, -0.2) is 8.78 Å². The third-order valence-electron chi connectivity index (χ3n) is 2.52. The van der Waals surface area contributed by atoms with Gasteiger partial charge in [-0.1, -0.05) is 12.1 Å². The summed E-state index contributed by atoms with van der Waals surface area (Å²) in [4.78, 5) is 11.4. The lowest BCUT2D eigenvalue weighted by atomic mass is 10.3. The average molecular weight is 250 g/mol. The second-order valence-electron chi connectivity index (χ2n) is 3.76. The Morgan fingerprint density at radius 2 is 1.94 bits per heavy atom. The summed E-state index contributed by atoms with van der Waals surface area (Å²) in [5.41, 5.74) is -0.0296. The fourth-order valence-corrected chi connectivity index (χ4v) is 1.60. The molecule has 0 saturated heterocycles. The van der Waals surface area contributed by atoms with Crippen molar-refractivity contribution >= 4 is 5.69 Å². The molecule has 1 heterocycles. The molecular weight excluding hydrogens is 238 g/mol. The van der Waals surface area contributed by atoms with Gasteiger partial charge in [-0.2, -0.15) is 0 Å². The molecule has 0 amide bonds. The average Bonchev–Trinajstić information content (AvgIpc) is 2.37. The lowest BCUT2D eigenvalue weighted by Crippen LogP contribution is -2.22. The number of nitrogens with one attached hydrogen (secondary N) is 1. The van der Waals surface area contributed by atoms with Crippen LogP contribution in [0, 0.1) is 11.6 Å². The van der Waals surface area contributed by atoms with Gasteiger partial charge in [-0.15, -0.1) is 0 Å². The van der Waals surface area contributed by atoms with Gasteiger partial charge >= 0.3 is 0 Å². The largest absolute Gasteiger partial charge is 0.381 e. The minimum absolute atomic E-state index is 0.0963. The van der Waals surface area contributed by atoms with Gasteiger partial charge in [0.25, 0.3) is 5.56 Å². The number of halogens is 2. The number of benzene rings is 1. The molecule has 0 atom stereocenters. The van der Waals surface area contributed by atoms with Crippen LogP contribution in [0.5, 0.6) is 0 Å². The topological polar surface area (TPSA) is 34.0 Å². The minimum atomic E-state index is -0.905. The van der Waals surface area contributed by atoms with Crippen LogP contribution in [0.1, 0.15) is 0 Å². The van der Waals surface area contributed by atoms with Gasteiger partial charge in [0.2, 0.25) is 0 Å². The van der Waals surface area contributed by atoms with E-state index in [1.165, 1.54) is 22.8 Å². The molecule has 0 aliphatic carbocycles. The van der Waals surface area contributed by atoms with E-state index in [1.807, 2.05) is 0 Å². The summed E-state index contributed by atoms with van der Waals surface area (Å²) in [6.45, 7) is 0.722. The molecule has 0 aliphatic rings. The number of rotatable bonds is 4. The molecule has 2 aromatic rings. The third-order valence-corrected chi connectivity index (χ3v) is 2.52. The lowest BCUT2D eigenvalue weighted by Gasteiger charge is -2.09. The van der Waals surface area contributed by atoms with Crippen molar-refractivity contribution in [2.45, 2.75) is 6.54 Å². The molecule has 18 heavy (non-hydrogen) atoms. The fourth-order valence-electron chi connectivity index (χ4n) is 1.60. The molecule has 5 heteroatoms. The number of anilines is 1. The van der Waals surface area contributed by atoms with Gasteiger partial charge in [0.05, 0.1) is 5.69 Å². The van der Waals surface area contributed by atoms with Crippen LogP contribution in [0.2, 0.25) is 0 Å². The number of aromatic nitrogens is 1. The summed E-state index contributed by atoms with van der Waals surface area (Å²) >= 11 is 0. The van der Waals surface area contributed by atoms with Crippen LogP contribution < -0.4 is 10.9 Å². The molecule has 1 aromatic heterocycles. The van der Waals surface area contributed by atoms with E-state index in [-0.39, 0.29) is 11.2 Å². The van der Waals surface area contributed by atoms with E-state index in [0.717, 1.165) is 6.07 Å². The quantitative estimate of drug-likeness (QED) is 0.903. The molecule has 0 fully saturated rings. The van der Waals surface area contributed by atoms with Crippen molar-refractivity contribution in [3.63, 3.8) is 0 Å². The first-order valence-electron chi connectivity index (χ1n) is 5.52. The summed E-state index contributed by atoms with van der Waals surface area (Å²) in [6.07, 6.45) is 1.64. The Bertz CT molecular complexity index is 596. The van der Waals surface area contributed by atoms with Crippen LogP contribution in [-0.4, -0.2) is 11.1 Å². The van der Waals surface area contributed by atoms with Crippen molar-refractivity contribution < 1.29 is 8.78 Å². The molecule has 0 unspecified atom stereocenters. The zero-order valence-electron chi connectivity index (χ0n) is 9.57. The highest BCUT2D eigenvalue weighted by Crippen LogP contribution is 2.15. The Labute approximate surface area is 103 Å². The summed E-state index contributed by atoms with van der Waals surface area (Å²) in [6, 6.07) is 8.77. The lowest BCUT2D eigenvalue weighted by molar-refractivity contribution is 0.510. The van der Waals surface area contributed by atoms with Gasteiger partial charge in [0.1, 0.15) is 0 Å². The summed E-state index contributed by atoms with van der Waals surface area (Å²) in [7, 11) is 0. The smallest absolute Gasteiger partial charge is 0.250 e. The minimum Gasteiger partial charge on any atom is -0.381 e. The van der Waals surface area contributed by atoms with Crippen molar-refractivity contribution in [2.75, 3.05) is 11.9 Å². The molecule has 3 nitrogen and oxygen atoms in total. The highest BCUT2D eigenvalue weighted by molar-refractivity contribution is 5.44. The predicted molar refractivity (Wildman–Crippen MR) is 65.5 cm³/mol. The fraction of sp³-hybridized carbons (Fsp3) is 0.154. The van der Waals surface area contributed by atoms with E-state index in [0.29, 0.717) is 13.1 Å². The number of hydrogen-bond acceptors (Lipinski definition) is 2. The summed E-state index contributed by atoms with van der Waals surface area (Å²) < 4.78 is 27.7. The van der Waals surface area contributed by atoms with E-state index in [2.05, 4.69) is 5.32 Å². The van der Waals surface area contributed by atoms with Crippen LogP contribution in [-0.2, 0) is 6.54 Å². The molecule has 0 spiro atoms. The zero-order valence-corrected chi connectivity index (χ0v) is 9.57. The first-order chi connectivity index (χ1) is 8.68. The molecule has 94 valence electrons. The van der Waals surface area contributed by atoms with Crippen LogP contribution >= 0.6 is 0 Å². The highest BCUT2D eigenvalue weighted by Gasteiger charge is 2.06. The maximum absolute atomic E-state index is 13.3.